The van der Waals surface area contributed by atoms with Crippen molar-refractivity contribution in [3.8, 4) is 0 Å². The van der Waals surface area contributed by atoms with Crippen LogP contribution in [0.5, 0.6) is 0 Å². The number of amides is 1. The summed E-state index contributed by atoms with van der Waals surface area (Å²) in [5, 5.41) is 4.34. The largest absolute Gasteiger partial charge is 0.352 e. The van der Waals surface area contributed by atoms with E-state index in [0.29, 0.717) is 16.6 Å². The van der Waals surface area contributed by atoms with Gasteiger partial charge in [0.15, 0.2) is 0 Å². The maximum atomic E-state index is 13.0. The van der Waals surface area contributed by atoms with Crippen LogP contribution in [0.3, 0.4) is 0 Å². The van der Waals surface area contributed by atoms with Crippen LogP contribution in [0.15, 0.2) is 66.7 Å². The minimum absolute atomic E-state index is 0.0122. The van der Waals surface area contributed by atoms with Crippen molar-refractivity contribution < 1.29 is 4.79 Å². The Hall–Kier alpha value is -2.37. The van der Waals surface area contributed by atoms with E-state index in [-0.39, 0.29) is 11.8 Å². The third-order valence-electron chi connectivity index (χ3n) is 7.34. The monoisotopic (exact) mass is 521 g/mol. The average Bonchev–Trinajstić information content (AvgIpc) is 2.90. The number of halogens is 2. The Morgan fingerprint density at radius 2 is 1.61 bits per heavy atom. The molecular weight excluding hydrogens is 489 g/mol. The molecule has 0 spiro atoms. The summed E-state index contributed by atoms with van der Waals surface area (Å²) in [5.74, 6) is 0.157. The van der Waals surface area contributed by atoms with E-state index in [9.17, 15) is 4.79 Å². The molecule has 1 atom stereocenters. The Labute approximate surface area is 224 Å². The Morgan fingerprint density at radius 1 is 0.833 bits per heavy atom. The zero-order chi connectivity index (χ0) is 24.9. The van der Waals surface area contributed by atoms with Gasteiger partial charge >= 0.3 is 0 Å². The van der Waals surface area contributed by atoms with Gasteiger partial charge in [0.05, 0.1) is 16.0 Å². The van der Waals surface area contributed by atoms with Crippen molar-refractivity contribution in [3.05, 3.63) is 105 Å². The summed E-state index contributed by atoms with van der Waals surface area (Å²) in [6.45, 7) is 6.12. The number of rotatable bonds is 7. The van der Waals surface area contributed by atoms with Crippen molar-refractivity contribution in [2.45, 2.75) is 45.4 Å². The second-order valence-electron chi connectivity index (χ2n) is 10.1. The molecule has 1 amide bonds. The first-order valence-corrected chi connectivity index (χ1v) is 13.6. The maximum Gasteiger partial charge on any atom is 0.224 e. The van der Waals surface area contributed by atoms with E-state index in [0.717, 1.165) is 69.7 Å². The number of carbonyl (C=O) groups is 1. The standard InChI is InChI=1S/C30H33Cl2N3O/c31-28-11-10-24(16-29(28)32)19-34-13-4-9-27(21-34)30(36)33-17-22-5-3-6-23(15-22)18-35-14-12-25-7-1-2-8-26(25)20-35/h1-3,5-8,10-11,15-16,27H,4,9,12-14,17-21H2,(H,33,36). The van der Waals surface area contributed by atoms with Gasteiger partial charge in [0.1, 0.15) is 0 Å². The van der Waals surface area contributed by atoms with Gasteiger partial charge in [-0.2, -0.15) is 0 Å². The number of piperidine rings is 1. The summed E-state index contributed by atoms with van der Waals surface area (Å²) in [6.07, 6.45) is 3.06. The zero-order valence-electron chi connectivity index (χ0n) is 20.6. The number of benzene rings is 3. The van der Waals surface area contributed by atoms with Gasteiger partial charge in [-0.15, -0.1) is 0 Å². The number of nitrogens with one attached hydrogen (secondary N) is 1. The highest BCUT2D eigenvalue weighted by atomic mass is 35.5. The number of hydrogen-bond donors (Lipinski definition) is 1. The predicted molar refractivity (Wildman–Crippen MR) is 147 cm³/mol. The summed E-state index contributed by atoms with van der Waals surface area (Å²) in [5.41, 5.74) is 6.49. The quantitative estimate of drug-likeness (QED) is 0.409. The van der Waals surface area contributed by atoms with Crippen LogP contribution >= 0.6 is 23.2 Å². The molecule has 0 radical (unpaired) electrons. The number of carbonyl (C=O) groups excluding carboxylic acids is 1. The van der Waals surface area contributed by atoms with Crippen LogP contribution in [0.4, 0.5) is 0 Å². The summed E-state index contributed by atoms with van der Waals surface area (Å²) in [7, 11) is 0. The second kappa shape index (κ2) is 11.8. The van der Waals surface area contributed by atoms with Crippen molar-refractivity contribution in [2.24, 2.45) is 5.92 Å². The van der Waals surface area contributed by atoms with Crippen LogP contribution in [0, 0.1) is 5.92 Å². The van der Waals surface area contributed by atoms with Crippen molar-refractivity contribution in [1.82, 2.24) is 15.1 Å². The molecule has 2 aliphatic rings. The summed E-state index contributed by atoms with van der Waals surface area (Å²) in [4.78, 5) is 17.8. The van der Waals surface area contributed by atoms with E-state index in [4.69, 9.17) is 23.2 Å². The zero-order valence-corrected chi connectivity index (χ0v) is 22.1. The molecule has 4 nitrogen and oxygen atoms in total. The van der Waals surface area contributed by atoms with E-state index in [2.05, 4.69) is 63.6 Å². The Kier molecular flexibility index (Phi) is 8.28. The Morgan fingerprint density at radius 3 is 2.47 bits per heavy atom. The van der Waals surface area contributed by atoms with Gasteiger partial charge in [0.2, 0.25) is 5.91 Å². The van der Waals surface area contributed by atoms with Crippen LogP contribution in [0.2, 0.25) is 10.0 Å². The van der Waals surface area contributed by atoms with E-state index in [1.54, 1.807) is 0 Å². The molecule has 0 saturated carbocycles. The van der Waals surface area contributed by atoms with E-state index in [1.165, 1.54) is 16.7 Å². The lowest BCUT2D eigenvalue weighted by Gasteiger charge is -2.32. The maximum absolute atomic E-state index is 13.0. The van der Waals surface area contributed by atoms with Gasteiger partial charge in [-0.05, 0) is 65.8 Å². The molecule has 1 N–H and O–H groups in total. The van der Waals surface area contributed by atoms with Crippen LogP contribution in [0.25, 0.3) is 0 Å². The Balaban J connectivity index is 1.12. The van der Waals surface area contributed by atoms with Gasteiger partial charge in [0.25, 0.3) is 0 Å². The van der Waals surface area contributed by atoms with Gasteiger partial charge in [-0.1, -0.05) is 77.8 Å². The van der Waals surface area contributed by atoms with Crippen LogP contribution < -0.4 is 5.32 Å². The number of nitrogens with zero attached hydrogens (tertiary/aromatic N) is 2. The van der Waals surface area contributed by atoms with Crippen molar-refractivity contribution in [3.63, 3.8) is 0 Å². The topological polar surface area (TPSA) is 35.6 Å². The molecule has 2 aliphatic heterocycles. The van der Waals surface area contributed by atoms with E-state index < -0.39 is 0 Å². The van der Waals surface area contributed by atoms with Crippen molar-refractivity contribution in [1.29, 1.82) is 0 Å². The molecule has 5 rings (SSSR count). The van der Waals surface area contributed by atoms with Crippen LogP contribution in [-0.4, -0.2) is 35.3 Å². The fraction of sp³-hybridized carbons (Fsp3) is 0.367. The van der Waals surface area contributed by atoms with Gasteiger partial charge < -0.3 is 5.32 Å². The fourth-order valence-electron chi connectivity index (χ4n) is 5.43. The molecule has 1 unspecified atom stereocenters. The van der Waals surface area contributed by atoms with Gasteiger partial charge in [-0.25, -0.2) is 0 Å². The molecular formula is C30H33Cl2N3O. The second-order valence-corrected chi connectivity index (χ2v) is 10.9. The third-order valence-corrected chi connectivity index (χ3v) is 8.08. The fourth-order valence-corrected chi connectivity index (χ4v) is 5.75. The predicted octanol–water partition coefficient (Wildman–Crippen LogP) is 6.08. The first-order valence-electron chi connectivity index (χ1n) is 12.8. The molecule has 3 aromatic rings. The van der Waals surface area contributed by atoms with Crippen LogP contribution in [0.1, 0.15) is 40.7 Å². The van der Waals surface area contributed by atoms with Crippen molar-refractivity contribution >= 4 is 29.1 Å². The minimum Gasteiger partial charge on any atom is -0.352 e. The molecule has 0 bridgehead atoms. The highest BCUT2D eigenvalue weighted by molar-refractivity contribution is 6.42. The SMILES string of the molecule is O=C(NCc1cccc(CN2CCc3ccccc3C2)c1)C1CCCN(Cc2ccc(Cl)c(Cl)c2)C1. The first kappa shape index (κ1) is 25.3. The molecule has 3 aromatic carbocycles. The summed E-state index contributed by atoms with van der Waals surface area (Å²) >= 11 is 12.2. The molecule has 188 valence electrons. The van der Waals surface area contributed by atoms with Crippen molar-refractivity contribution in [2.75, 3.05) is 19.6 Å². The minimum atomic E-state index is 0.0122. The molecule has 2 heterocycles. The lowest BCUT2D eigenvalue weighted by molar-refractivity contribution is -0.126. The lowest BCUT2D eigenvalue weighted by Crippen LogP contribution is -2.42. The highest BCUT2D eigenvalue weighted by Crippen LogP contribution is 2.25. The highest BCUT2D eigenvalue weighted by Gasteiger charge is 2.26. The molecule has 1 fully saturated rings. The first-order chi connectivity index (χ1) is 17.5. The van der Waals surface area contributed by atoms with Gasteiger partial charge in [-0.3, -0.25) is 14.6 Å². The number of hydrogen-bond acceptors (Lipinski definition) is 3. The summed E-state index contributed by atoms with van der Waals surface area (Å²) in [6, 6.07) is 23.1. The normalized spacial score (nSPS) is 18.6. The molecule has 6 heteroatoms. The smallest absolute Gasteiger partial charge is 0.224 e. The molecule has 0 aromatic heterocycles. The van der Waals surface area contributed by atoms with E-state index >= 15 is 0 Å². The number of likely N-dealkylation sites (tertiary alicyclic amines) is 1. The van der Waals surface area contributed by atoms with E-state index in [1.807, 2.05) is 18.2 Å². The third kappa shape index (κ3) is 6.49. The number of fused-ring (bicyclic) bond motifs is 1. The lowest BCUT2D eigenvalue weighted by atomic mass is 9.96. The summed E-state index contributed by atoms with van der Waals surface area (Å²) < 4.78 is 0. The van der Waals surface area contributed by atoms with Crippen LogP contribution in [-0.2, 0) is 37.4 Å². The van der Waals surface area contributed by atoms with Gasteiger partial charge in [0, 0.05) is 39.3 Å². The molecule has 1 saturated heterocycles. The Bertz CT molecular complexity index is 1210. The average molecular weight is 523 g/mol. The molecule has 36 heavy (non-hydrogen) atoms. The molecule has 0 aliphatic carbocycles.